The molecule has 0 unspecified atom stereocenters. The second-order valence-electron chi connectivity index (χ2n) is 4.33. The first-order valence-corrected chi connectivity index (χ1v) is 6.72. The molecule has 1 aliphatic carbocycles. The van der Waals surface area contributed by atoms with Gasteiger partial charge in [-0.1, -0.05) is 0 Å². The van der Waals surface area contributed by atoms with Crippen molar-refractivity contribution in [1.29, 1.82) is 0 Å². The van der Waals surface area contributed by atoms with Crippen LogP contribution in [0, 0.1) is 0 Å². The molecule has 0 amide bonds. The zero-order valence-electron chi connectivity index (χ0n) is 8.82. The largest absolute Gasteiger partial charge is 0.481 e. The van der Waals surface area contributed by atoms with Crippen molar-refractivity contribution in [2.75, 3.05) is 5.75 Å². The molecular weight excluding hydrogens is 218 g/mol. The minimum Gasteiger partial charge on any atom is -0.481 e. The Hall–Kier alpha value is -0.620. The van der Waals surface area contributed by atoms with Gasteiger partial charge in [-0.05, 0) is 32.6 Å². The predicted octanol–water partition coefficient (Wildman–Crippen LogP) is 0.713. The van der Waals surface area contributed by atoms with E-state index in [1.807, 2.05) is 6.92 Å². The highest BCUT2D eigenvalue weighted by Gasteiger charge is 2.35. The molecule has 5 nitrogen and oxygen atoms in total. The zero-order chi connectivity index (χ0) is 11.5. The molecule has 0 radical (unpaired) electrons. The number of aliphatic carboxylic acids is 1. The number of sulfonamides is 1. The predicted molar refractivity (Wildman–Crippen MR) is 56.0 cm³/mol. The molecule has 1 aliphatic rings. The molecule has 0 aromatic carbocycles. The van der Waals surface area contributed by atoms with Crippen molar-refractivity contribution in [2.24, 2.45) is 0 Å². The third-order valence-corrected chi connectivity index (χ3v) is 4.29. The number of carboxylic acids is 1. The van der Waals surface area contributed by atoms with Crippen LogP contribution in [0.5, 0.6) is 0 Å². The van der Waals surface area contributed by atoms with Gasteiger partial charge in [-0.25, -0.2) is 13.1 Å². The maximum atomic E-state index is 11.5. The van der Waals surface area contributed by atoms with Crippen molar-refractivity contribution < 1.29 is 18.3 Å². The molecule has 1 fully saturated rings. The van der Waals surface area contributed by atoms with E-state index in [4.69, 9.17) is 5.11 Å². The summed E-state index contributed by atoms with van der Waals surface area (Å²) in [4.78, 5) is 10.2. The van der Waals surface area contributed by atoms with Crippen LogP contribution in [0.4, 0.5) is 0 Å². The van der Waals surface area contributed by atoms with Crippen LogP contribution in [0.15, 0.2) is 0 Å². The lowest BCUT2D eigenvalue weighted by atomic mass is 9.80. The molecule has 1 saturated carbocycles. The maximum Gasteiger partial charge on any atom is 0.303 e. The van der Waals surface area contributed by atoms with Crippen LogP contribution in [-0.4, -0.2) is 30.8 Å². The Bertz CT molecular complexity index is 332. The first kappa shape index (κ1) is 12.4. The molecule has 0 saturated heterocycles. The second kappa shape index (κ2) is 4.49. The number of hydrogen-bond donors (Lipinski definition) is 2. The fourth-order valence-electron chi connectivity index (χ4n) is 1.65. The molecule has 2 N–H and O–H groups in total. The van der Waals surface area contributed by atoms with Crippen LogP contribution in [0.25, 0.3) is 0 Å². The average Bonchev–Trinajstić information content (AvgIpc) is 1.99. The van der Waals surface area contributed by atoms with Gasteiger partial charge < -0.3 is 5.11 Å². The molecule has 88 valence electrons. The van der Waals surface area contributed by atoms with Gasteiger partial charge in [-0.15, -0.1) is 0 Å². The van der Waals surface area contributed by atoms with Gasteiger partial charge in [-0.2, -0.15) is 0 Å². The molecule has 0 atom stereocenters. The van der Waals surface area contributed by atoms with Crippen molar-refractivity contribution in [1.82, 2.24) is 4.72 Å². The lowest BCUT2D eigenvalue weighted by Gasteiger charge is -2.38. The number of hydrogen-bond acceptors (Lipinski definition) is 3. The monoisotopic (exact) mass is 235 g/mol. The smallest absolute Gasteiger partial charge is 0.303 e. The fraction of sp³-hybridized carbons (Fsp3) is 0.889. The lowest BCUT2D eigenvalue weighted by molar-refractivity contribution is -0.137. The molecule has 0 aliphatic heterocycles. The Morgan fingerprint density at radius 2 is 2.07 bits per heavy atom. The van der Waals surface area contributed by atoms with Crippen LogP contribution >= 0.6 is 0 Å². The molecule has 0 aromatic rings. The van der Waals surface area contributed by atoms with E-state index in [-0.39, 0.29) is 24.1 Å². The Labute approximate surface area is 89.9 Å². The van der Waals surface area contributed by atoms with Crippen LogP contribution in [0.3, 0.4) is 0 Å². The van der Waals surface area contributed by atoms with E-state index >= 15 is 0 Å². The molecule has 15 heavy (non-hydrogen) atoms. The van der Waals surface area contributed by atoms with Gasteiger partial charge in [0, 0.05) is 12.0 Å². The van der Waals surface area contributed by atoms with Crippen molar-refractivity contribution in [2.45, 2.75) is 44.6 Å². The average molecular weight is 235 g/mol. The Kier molecular flexibility index (Phi) is 3.72. The standard InChI is InChI=1S/C9H17NO4S/c1-9(5-3-6-9)10-15(13,14)7-2-4-8(11)12/h10H,2-7H2,1H3,(H,11,12). The molecule has 0 bridgehead atoms. The number of nitrogens with one attached hydrogen (secondary N) is 1. The highest BCUT2D eigenvalue weighted by atomic mass is 32.2. The minimum absolute atomic E-state index is 0.0996. The molecule has 6 heteroatoms. The minimum atomic E-state index is -3.31. The van der Waals surface area contributed by atoms with E-state index in [1.54, 1.807) is 0 Å². The SMILES string of the molecule is CC1(NS(=O)(=O)CCCC(=O)O)CCC1. The van der Waals surface area contributed by atoms with Gasteiger partial charge in [-0.3, -0.25) is 4.79 Å². The van der Waals surface area contributed by atoms with Gasteiger partial charge in [0.15, 0.2) is 0 Å². The van der Waals surface area contributed by atoms with E-state index < -0.39 is 16.0 Å². The maximum absolute atomic E-state index is 11.5. The van der Waals surface area contributed by atoms with E-state index in [0.717, 1.165) is 19.3 Å². The summed E-state index contributed by atoms with van der Waals surface area (Å²) in [5.41, 5.74) is -0.290. The summed E-state index contributed by atoms with van der Waals surface area (Å²) in [5, 5.41) is 8.39. The third-order valence-electron chi connectivity index (χ3n) is 2.66. The summed E-state index contributed by atoms with van der Waals surface area (Å²) in [6.07, 6.45) is 2.85. The van der Waals surface area contributed by atoms with Crippen molar-refractivity contribution >= 4 is 16.0 Å². The number of carbonyl (C=O) groups is 1. The first-order valence-electron chi connectivity index (χ1n) is 5.06. The highest BCUT2D eigenvalue weighted by molar-refractivity contribution is 7.89. The van der Waals surface area contributed by atoms with Gasteiger partial charge in [0.05, 0.1) is 5.75 Å². The Balaban J connectivity index is 2.35. The first-order chi connectivity index (χ1) is 6.83. The highest BCUT2D eigenvalue weighted by Crippen LogP contribution is 2.31. The van der Waals surface area contributed by atoms with E-state index in [1.165, 1.54) is 0 Å². The van der Waals surface area contributed by atoms with Crippen LogP contribution in [0.2, 0.25) is 0 Å². The van der Waals surface area contributed by atoms with E-state index in [2.05, 4.69) is 4.72 Å². The summed E-state index contributed by atoms with van der Waals surface area (Å²) in [5.74, 6) is -1.06. The number of carboxylic acid groups (broad SMARTS) is 1. The summed E-state index contributed by atoms with van der Waals surface area (Å²) in [7, 11) is -3.31. The molecule has 0 spiro atoms. The van der Waals surface area contributed by atoms with Gasteiger partial charge in [0.2, 0.25) is 10.0 Å². The van der Waals surface area contributed by atoms with Crippen molar-refractivity contribution in [3.8, 4) is 0 Å². The summed E-state index contributed by atoms with van der Waals surface area (Å²) >= 11 is 0. The van der Waals surface area contributed by atoms with E-state index in [0.29, 0.717) is 0 Å². The zero-order valence-corrected chi connectivity index (χ0v) is 9.64. The Morgan fingerprint density at radius 1 is 1.47 bits per heavy atom. The summed E-state index contributed by atoms with van der Waals surface area (Å²) < 4.78 is 25.7. The van der Waals surface area contributed by atoms with Crippen LogP contribution in [0.1, 0.15) is 39.0 Å². The molecule has 0 heterocycles. The van der Waals surface area contributed by atoms with Gasteiger partial charge in [0.25, 0.3) is 0 Å². The van der Waals surface area contributed by atoms with E-state index in [9.17, 15) is 13.2 Å². The van der Waals surface area contributed by atoms with Crippen LogP contribution in [-0.2, 0) is 14.8 Å². The normalized spacial score (nSPS) is 19.5. The van der Waals surface area contributed by atoms with Crippen molar-refractivity contribution in [3.05, 3.63) is 0 Å². The van der Waals surface area contributed by atoms with Gasteiger partial charge in [0.1, 0.15) is 0 Å². The molecule has 1 rings (SSSR count). The summed E-state index contributed by atoms with van der Waals surface area (Å²) in [6, 6.07) is 0. The second-order valence-corrected chi connectivity index (χ2v) is 6.17. The Morgan fingerprint density at radius 3 is 2.47 bits per heavy atom. The number of rotatable bonds is 6. The quantitative estimate of drug-likeness (QED) is 0.710. The fourth-order valence-corrected chi connectivity index (χ4v) is 3.23. The molecule has 0 aromatic heterocycles. The topological polar surface area (TPSA) is 83.5 Å². The van der Waals surface area contributed by atoms with Crippen LogP contribution < -0.4 is 4.72 Å². The lowest BCUT2D eigenvalue weighted by Crippen LogP contribution is -2.51. The molecular formula is C9H17NO4S. The van der Waals surface area contributed by atoms with Gasteiger partial charge >= 0.3 is 5.97 Å². The summed E-state index contributed by atoms with van der Waals surface area (Å²) in [6.45, 7) is 1.88. The third kappa shape index (κ3) is 4.17. The van der Waals surface area contributed by atoms with Crippen molar-refractivity contribution in [3.63, 3.8) is 0 Å².